The minimum Gasteiger partial charge on any atom is -0.317 e. The highest BCUT2D eigenvalue weighted by Crippen LogP contribution is 2.41. The van der Waals surface area contributed by atoms with Gasteiger partial charge < -0.3 is 4.90 Å². The Labute approximate surface area is 338 Å². The van der Waals surface area contributed by atoms with Gasteiger partial charge in [-0.2, -0.15) is 0 Å². The van der Waals surface area contributed by atoms with Crippen LogP contribution in [0, 0.1) is 10.4 Å². The summed E-state index contributed by atoms with van der Waals surface area (Å²) in [5.74, 6) is 0. The third-order valence-electron chi connectivity index (χ3n) is 11.3. The molecule has 0 radical (unpaired) electrons. The molecular formula is C56H49N. The molecule has 0 spiro atoms. The Kier molecular flexibility index (Phi) is 11.4. The van der Waals surface area contributed by atoms with E-state index in [1.165, 1.54) is 50.1 Å². The van der Waals surface area contributed by atoms with Crippen molar-refractivity contribution in [3.8, 4) is 11.1 Å². The minimum atomic E-state index is 0.843. The summed E-state index contributed by atoms with van der Waals surface area (Å²) in [4.78, 5) is 2.18. The van der Waals surface area contributed by atoms with Crippen molar-refractivity contribution in [1.29, 1.82) is 0 Å². The van der Waals surface area contributed by atoms with E-state index in [9.17, 15) is 0 Å². The summed E-state index contributed by atoms with van der Waals surface area (Å²) in [5.41, 5.74) is 15.0. The van der Waals surface area contributed by atoms with Crippen molar-refractivity contribution in [2.45, 2.75) is 38.5 Å². The Morgan fingerprint density at radius 2 is 1.18 bits per heavy atom. The fraction of sp³-hybridized carbons (Fsp3) is 0.107. The lowest BCUT2D eigenvalue weighted by Gasteiger charge is -2.26. The lowest BCUT2D eigenvalue weighted by Crippen LogP contribution is -2.19. The zero-order chi connectivity index (χ0) is 39.0. The molecule has 57 heavy (non-hydrogen) atoms. The molecule has 1 nitrogen and oxygen atoms in total. The van der Waals surface area contributed by atoms with Crippen molar-refractivity contribution in [3.63, 3.8) is 0 Å². The molecule has 0 bridgehead atoms. The number of rotatable bonds is 10. The highest BCUT2D eigenvalue weighted by molar-refractivity contribution is 5.83. The predicted molar refractivity (Wildman–Crippen MR) is 244 cm³/mol. The first-order chi connectivity index (χ1) is 28.0. The highest BCUT2D eigenvalue weighted by Gasteiger charge is 2.21. The van der Waals surface area contributed by atoms with E-state index in [4.69, 9.17) is 0 Å². The molecule has 5 aromatic carbocycles. The van der Waals surface area contributed by atoms with E-state index in [1.807, 2.05) is 6.07 Å². The van der Waals surface area contributed by atoms with Crippen LogP contribution in [0.3, 0.4) is 0 Å². The number of hydrogen-bond donors (Lipinski definition) is 0. The van der Waals surface area contributed by atoms with E-state index in [2.05, 4.69) is 207 Å². The van der Waals surface area contributed by atoms with Gasteiger partial charge in [-0.1, -0.05) is 184 Å². The van der Waals surface area contributed by atoms with Crippen molar-refractivity contribution in [2.24, 2.45) is 0 Å². The van der Waals surface area contributed by atoms with E-state index >= 15 is 0 Å². The van der Waals surface area contributed by atoms with Crippen LogP contribution >= 0.6 is 0 Å². The van der Waals surface area contributed by atoms with Crippen LogP contribution < -0.4 is 15.3 Å². The molecule has 0 heterocycles. The molecule has 8 rings (SSSR count). The fourth-order valence-electron chi connectivity index (χ4n) is 8.15. The van der Waals surface area contributed by atoms with Crippen LogP contribution in [-0.2, 0) is 0 Å². The second-order valence-electron chi connectivity index (χ2n) is 15.0. The molecule has 0 aliphatic heterocycles. The molecular weight excluding hydrogens is 687 g/mol. The summed E-state index contributed by atoms with van der Waals surface area (Å²) >= 11 is 0. The maximum Gasteiger partial charge on any atom is 0.0455 e. The summed E-state index contributed by atoms with van der Waals surface area (Å²) in [6.45, 7) is 13.6. The standard InChI is InChI=1S/C56H49N/c1-41(50-35-38-55(56(39-50)48-22-11-6-12-23-48)49-31-29-46(30-32-49)44-18-7-4-8-19-44)27-28-43(3)57(52-36-33-47(34-37-52)45-20-9-5-10-21-45)40-51-24-14-16-26-54(51)53-25-15-13-17-42(53)2/h4-7,9-18,20-29,31,33-34,36-37,39-40H,1-3,8,19,30,32,35,38H2/b28-27-,51-40+,54-53-. The largest absolute Gasteiger partial charge is 0.317 e. The molecule has 1 heteroatoms. The first-order valence-corrected chi connectivity index (χ1v) is 20.1. The maximum absolute atomic E-state index is 4.63. The van der Waals surface area contributed by atoms with Gasteiger partial charge in [-0.25, -0.2) is 0 Å². The van der Waals surface area contributed by atoms with E-state index in [0.29, 0.717) is 0 Å². The van der Waals surface area contributed by atoms with Crippen LogP contribution in [0.15, 0.2) is 234 Å². The molecule has 0 amide bonds. The van der Waals surface area contributed by atoms with Gasteiger partial charge in [-0.15, -0.1) is 0 Å². The summed E-state index contributed by atoms with van der Waals surface area (Å²) in [5, 5.41) is 4.32. The maximum atomic E-state index is 4.63. The van der Waals surface area contributed by atoms with Crippen molar-refractivity contribution in [3.05, 3.63) is 261 Å². The number of nitrogens with zero attached hydrogens (tertiary/aromatic N) is 1. The van der Waals surface area contributed by atoms with Crippen LogP contribution in [0.5, 0.6) is 0 Å². The zero-order valence-corrected chi connectivity index (χ0v) is 32.7. The Bertz CT molecular complexity index is 2750. The van der Waals surface area contributed by atoms with Gasteiger partial charge in [0.25, 0.3) is 0 Å². The Balaban J connectivity index is 1.14. The summed E-state index contributed by atoms with van der Waals surface area (Å²) < 4.78 is 0. The van der Waals surface area contributed by atoms with Crippen LogP contribution in [0.25, 0.3) is 29.5 Å². The van der Waals surface area contributed by atoms with Crippen LogP contribution in [0.2, 0.25) is 0 Å². The molecule has 3 aliphatic carbocycles. The average Bonchev–Trinajstić information content (AvgIpc) is 3.28. The van der Waals surface area contributed by atoms with Crippen molar-refractivity contribution in [2.75, 3.05) is 4.90 Å². The van der Waals surface area contributed by atoms with Gasteiger partial charge in [0.1, 0.15) is 0 Å². The topological polar surface area (TPSA) is 3.24 Å². The van der Waals surface area contributed by atoms with Crippen molar-refractivity contribution < 1.29 is 0 Å². The molecule has 3 aliphatic rings. The highest BCUT2D eigenvalue weighted by atomic mass is 15.1. The van der Waals surface area contributed by atoms with Gasteiger partial charge in [-0.3, -0.25) is 0 Å². The van der Waals surface area contributed by atoms with Crippen LogP contribution in [0.1, 0.15) is 44.1 Å². The first-order valence-electron chi connectivity index (χ1n) is 20.1. The minimum absolute atomic E-state index is 0.843. The predicted octanol–water partition coefficient (Wildman–Crippen LogP) is 13.0. The molecule has 0 saturated carbocycles. The van der Waals surface area contributed by atoms with E-state index in [1.54, 1.807) is 0 Å². The van der Waals surface area contributed by atoms with Gasteiger partial charge in [0.15, 0.2) is 0 Å². The lowest BCUT2D eigenvalue weighted by molar-refractivity contribution is 0.845. The third kappa shape index (κ3) is 8.59. The molecule has 0 atom stereocenters. The van der Waals surface area contributed by atoms with Crippen LogP contribution in [-0.4, -0.2) is 0 Å². The molecule has 5 aromatic rings. The van der Waals surface area contributed by atoms with E-state index in [0.717, 1.165) is 76.4 Å². The molecule has 0 N–H and O–H groups in total. The summed E-state index contributed by atoms with van der Waals surface area (Å²) in [7, 11) is 0. The third-order valence-corrected chi connectivity index (χ3v) is 11.3. The fourth-order valence-corrected chi connectivity index (χ4v) is 8.15. The molecule has 0 aromatic heterocycles. The van der Waals surface area contributed by atoms with Gasteiger partial charge in [0.2, 0.25) is 0 Å². The van der Waals surface area contributed by atoms with E-state index < -0.39 is 0 Å². The first kappa shape index (κ1) is 37.2. The normalized spacial score (nSPS) is 16.5. The van der Waals surface area contributed by atoms with Crippen molar-refractivity contribution in [1.82, 2.24) is 0 Å². The molecule has 278 valence electrons. The quantitative estimate of drug-likeness (QED) is 0.129. The van der Waals surface area contributed by atoms with Gasteiger partial charge in [0, 0.05) is 17.6 Å². The number of hydrogen-bond acceptors (Lipinski definition) is 1. The summed E-state index contributed by atoms with van der Waals surface area (Å²) in [6, 6.07) is 46.9. The smallest absolute Gasteiger partial charge is 0.0455 e. The lowest BCUT2D eigenvalue weighted by atomic mass is 9.79. The Morgan fingerprint density at radius 3 is 1.88 bits per heavy atom. The number of benzene rings is 5. The zero-order valence-electron chi connectivity index (χ0n) is 32.7. The number of allylic oxidation sites excluding steroid dienone is 15. The van der Waals surface area contributed by atoms with E-state index in [-0.39, 0.29) is 0 Å². The Morgan fingerprint density at radius 1 is 0.544 bits per heavy atom. The second kappa shape index (κ2) is 17.4. The SMILES string of the molecule is C=C(/C=C\C(=C)N(/C=c1\cccc\c1=c1/ccccc1=C)c1ccc(-c2ccccc2)cc1)C1=CC(c2ccccc2)=C(C2=CC=C(C3=CC=CCC3)CC2)CC1. The van der Waals surface area contributed by atoms with Gasteiger partial charge in [0.05, 0.1) is 0 Å². The van der Waals surface area contributed by atoms with Gasteiger partial charge >= 0.3 is 0 Å². The second-order valence-corrected chi connectivity index (χ2v) is 15.0. The molecule has 0 unspecified atom stereocenters. The van der Waals surface area contributed by atoms with Crippen LogP contribution in [0.4, 0.5) is 5.69 Å². The van der Waals surface area contributed by atoms with Crippen molar-refractivity contribution >= 4 is 24.0 Å². The average molecular weight is 736 g/mol. The van der Waals surface area contributed by atoms with Gasteiger partial charge in [-0.05, 0) is 133 Å². The Hall–Kier alpha value is -6.70. The summed E-state index contributed by atoms with van der Waals surface area (Å²) in [6.07, 6.45) is 26.7. The number of anilines is 1. The monoisotopic (exact) mass is 735 g/mol. The molecule has 0 saturated heterocycles. The molecule has 0 fully saturated rings.